The van der Waals surface area contributed by atoms with Crippen molar-refractivity contribution in [2.45, 2.75) is 33.2 Å². The van der Waals surface area contributed by atoms with E-state index in [-0.39, 0.29) is 11.9 Å². The summed E-state index contributed by atoms with van der Waals surface area (Å²) >= 11 is 0. The molecule has 0 saturated carbocycles. The lowest BCUT2D eigenvalue weighted by atomic mass is 9.93. The summed E-state index contributed by atoms with van der Waals surface area (Å²) in [7, 11) is 0. The van der Waals surface area contributed by atoms with Gasteiger partial charge in [0.25, 0.3) is 0 Å². The molecule has 0 aromatic heterocycles. The molecule has 100 valence electrons. The molecule has 2 rings (SSSR count). The average molecular weight is 257 g/mol. The van der Waals surface area contributed by atoms with E-state index in [1.807, 2.05) is 12.1 Å². The predicted molar refractivity (Wildman–Crippen MR) is 77.7 cm³/mol. The lowest BCUT2D eigenvalue weighted by Crippen LogP contribution is -2.15. The number of nitrogens with two attached hydrogens (primary N) is 1. The first-order valence-electron chi connectivity index (χ1n) is 6.55. The fraction of sp³-hybridized carbons (Fsp3) is 0.294. The Hall–Kier alpha value is -1.67. The molecule has 0 aliphatic rings. The molecular formula is C17H20FN. The first kappa shape index (κ1) is 13.8. The Kier molecular flexibility index (Phi) is 4.01. The molecule has 0 fully saturated rings. The van der Waals surface area contributed by atoms with Gasteiger partial charge in [-0.3, -0.25) is 0 Å². The molecule has 0 spiro atoms. The van der Waals surface area contributed by atoms with Crippen molar-refractivity contribution in [3.8, 4) is 0 Å². The molecule has 19 heavy (non-hydrogen) atoms. The Morgan fingerprint density at radius 2 is 1.63 bits per heavy atom. The van der Waals surface area contributed by atoms with E-state index >= 15 is 0 Å². The summed E-state index contributed by atoms with van der Waals surface area (Å²) in [5, 5.41) is 0. The van der Waals surface area contributed by atoms with Gasteiger partial charge in [0.1, 0.15) is 5.82 Å². The summed E-state index contributed by atoms with van der Waals surface area (Å²) in [5.74, 6) is -0.186. The van der Waals surface area contributed by atoms with E-state index in [0.29, 0.717) is 5.56 Å². The van der Waals surface area contributed by atoms with Gasteiger partial charge in [0.15, 0.2) is 0 Å². The fourth-order valence-electron chi connectivity index (χ4n) is 2.35. The van der Waals surface area contributed by atoms with Gasteiger partial charge in [-0.05, 0) is 61.1 Å². The monoisotopic (exact) mass is 257 g/mol. The molecule has 0 saturated heterocycles. The Labute approximate surface area is 114 Å². The lowest BCUT2D eigenvalue weighted by Gasteiger charge is -2.16. The molecule has 0 heterocycles. The number of rotatable bonds is 3. The van der Waals surface area contributed by atoms with Gasteiger partial charge in [0, 0.05) is 6.04 Å². The van der Waals surface area contributed by atoms with E-state index in [1.54, 1.807) is 19.1 Å². The maximum Gasteiger partial charge on any atom is 0.126 e. The van der Waals surface area contributed by atoms with Gasteiger partial charge in [-0.25, -0.2) is 4.39 Å². The molecule has 1 atom stereocenters. The summed E-state index contributed by atoms with van der Waals surface area (Å²) in [6.07, 6.45) is 0.737. The second-order valence-electron chi connectivity index (χ2n) is 5.19. The molecule has 2 aromatic carbocycles. The minimum atomic E-state index is -0.186. The van der Waals surface area contributed by atoms with Crippen molar-refractivity contribution in [2.75, 3.05) is 0 Å². The fourth-order valence-corrected chi connectivity index (χ4v) is 2.35. The topological polar surface area (TPSA) is 26.0 Å². The third-order valence-corrected chi connectivity index (χ3v) is 3.69. The summed E-state index contributed by atoms with van der Waals surface area (Å²) in [5.41, 5.74) is 11.5. The van der Waals surface area contributed by atoms with Crippen molar-refractivity contribution in [3.63, 3.8) is 0 Å². The van der Waals surface area contributed by atoms with Gasteiger partial charge in [-0.15, -0.1) is 0 Å². The lowest BCUT2D eigenvalue weighted by molar-refractivity contribution is 0.609. The highest BCUT2D eigenvalue weighted by atomic mass is 19.1. The summed E-state index contributed by atoms with van der Waals surface area (Å²) in [6, 6.07) is 11.3. The Morgan fingerprint density at radius 1 is 1.00 bits per heavy atom. The van der Waals surface area contributed by atoms with Crippen molar-refractivity contribution < 1.29 is 4.39 Å². The van der Waals surface area contributed by atoms with Crippen LogP contribution >= 0.6 is 0 Å². The molecule has 2 N–H and O–H groups in total. The predicted octanol–water partition coefficient (Wildman–Crippen LogP) is 3.99. The molecule has 1 unspecified atom stereocenters. The molecule has 0 bridgehead atoms. The zero-order chi connectivity index (χ0) is 14.0. The molecule has 1 nitrogen and oxygen atoms in total. The van der Waals surface area contributed by atoms with Crippen LogP contribution in [0.2, 0.25) is 0 Å². The molecule has 0 aliphatic carbocycles. The van der Waals surface area contributed by atoms with E-state index in [4.69, 9.17) is 5.73 Å². The minimum absolute atomic E-state index is 0.171. The van der Waals surface area contributed by atoms with Gasteiger partial charge in [0.05, 0.1) is 0 Å². The number of aryl methyl sites for hydroxylation is 3. The van der Waals surface area contributed by atoms with E-state index in [9.17, 15) is 4.39 Å². The SMILES string of the molecule is Cc1ccc(C(N)Cc2c(C)cccc2C)cc1F. The van der Waals surface area contributed by atoms with Crippen LogP contribution in [-0.4, -0.2) is 0 Å². The van der Waals surface area contributed by atoms with E-state index in [0.717, 1.165) is 12.0 Å². The smallest absolute Gasteiger partial charge is 0.126 e. The van der Waals surface area contributed by atoms with Crippen LogP contribution in [0.1, 0.15) is 33.9 Å². The average Bonchev–Trinajstić information content (AvgIpc) is 2.37. The van der Waals surface area contributed by atoms with Crippen molar-refractivity contribution >= 4 is 0 Å². The third-order valence-electron chi connectivity index (χ3n) is 3.69. The zero-order valence-corrected chi connectivity index (χ0v) is 11.7. The van der Waals surface area contributed by atoms with E-state index < -0.39 is 0 Å². The first-order chi connectivity index (χ1) is 8.99. The van der Waals surface area contributed by atoms with Crippen LogP contribution in [0.15, 0.2) is 36.4 Å². The second kappa shape index (κ2) is 5.54. The highest BCUT2D eigenvalue weighted by Gasteiger charge is 2.12. The van der Waals surface area contributed by atoms with Crippen LogP contribution in [0.5, 0.6) is 0 Å². The number of halogens is 1. The van der Waals surface area contributed by atoms with Gasteiger partial charge in [0.2, 0.25) is 0 Å². The van der Waals surface area contributed by atoms with Crippen LogP contribution < -0.4 is 5.73 Å². The quantitative estimate of drug-likeness (QED) is 0.884. The van der Waals surface area contributed by atoms with Crippen molar-refractivity contribution in [2.24, 2.45) is 5.73 Å². The van der Waals surface area contributed by atoms with Gasteiger partial charge >= 0.3 is 0 Å². The van der Waals surface area contributed by atoms with Crippen molar-refractivity contribution in [1.82, 2.24) is 0 Å². The highest BCUT2D eigenvalue weighted by Crippen LogP contribution is 2.22. The van der Waals surface area contributed by atoms with Crippen LogP contribution in [0.3, 0.4) is 0 Å². The maximum absolute atomic E-state index is 13.6. The summed E-state index contributed by atoms with van der Waals surface area (Å²) in [6.45, 7) is 5.94. The third kappa shape index (κ3) is 3.02. The van der Waals surface area contributed by atoms with Gasteiger partial charge < -0.3 is 5.73 Å². The minimum Gasteiger partial charge on any atom is -0.324 e. The first-order valence-corrected chi connectivity index (χ1v) is 6.55. The molecule has 0 aliphatic heterocycles. The standard InChI is InChI=1S/C17H20FN/c1-11-5-4-6-12(2)15(11)10-17(19)14-8-7-13(3)16(18)9-14/h4-9,17H,10,19H2,1-3H3. The second-order valence-corrected chi connectivity index (χ2v) is 5.19. The number of benzene rings is 2. The Bertz CT molecular complexity index is 570. The van der Waals surface area contributed by atoms with Crippen molar-refractivity contribution in [1.29, 1.82) is 0 Å². The zero-order valence-electron chi connectivity index (χ0n) is 11.7. The molecule has 2 heteroatoms. The number of hydrogen-bond donors (Lipinski definition) is 1. The Morgan fingerprint density at radius 3 is 2.21 bits per heavy atom. The summed E-state index contributed by atoms with van der Waals surface area (Å²) in [4.78, 5) is 0. The van der Waals surface area contributed by atoms with Gasteiger partial charge in [-0.1, -0.05) is 30.3 Å². The van der Waals surface area contributed by atoms with E-state index in [2.05, 4.69) is 26.0 Å². The van der Waals surface area contributed by atoms with E-state index in [1.165, 1.54) is 16.7 Å². The van der Waals surface area contributed by atoms with Crippen molar-refractivity contribution in [3.05, 3.63) is 70.0 Å². The molecular weight excluding hydrogens is 237 g/mol. The van der Waals surface area contributed by atoms with Crippen LogP contribution in [0.4, 0.5) is 4.39 Å². The van der Waals surface area contributed by atoms with Crippen LogP contribution in [0, 0.1) is 26.6 Å². The van der Waals surface area contributed by atoms with Crippen LogP contribution in [-0.2, 0) is 6.42 Å². The van der Waals surface area contributed by atoms with Gasteiger partial charge in [-0.2, -0.15) is 0 Å². The molecule has 0 radical (unpaired) electrons. The highest BCUT2D eigenvalue weighted by molar-refractivity contribution is 5.36. The summed E-state index contributed by atoms with van der Waals surface area (Å²) < 4.78 is 13.6. The maximum atomic E-state index is 13.6. The normalized spacial score (nSPS) is 12.5. The largest absolute Gasteiger partial charge is 0.324 e. The number of hydrogen-bond acceptors (Lipinski definition) is 1. The Balaban J connectivity index is 2.25. The van der Waals surface area contributed by atoms with Crippen LogP contribution in [0.25, 0.3) is 0 Å². The molecule has 0 amide bonds. The molecule has 2 aromatic rings.